The Kier molecular flexibility index (Phi) is 5.05. The minimum absolute atomic E-state index is 0.275. The van der Waals surface area contributed by atoms with Crippen LogP contribution < -0.4 is 5.32 Å². The van der Waals surface area contributed by atoms with Crippen LogP contribution >= 0.6 is 15.9 Å². The molecule has 0 aliphatic carbocycles. The van der Waals surface area contributed by atoms with E-state index in [2.05, 4.69) is 33.2 Å². The lowest BCUT2D eigenvalue weighted by molar-refractivity contribution is 0.141. The van der Waals surface area contributed by atoms with E-state index in [0.29, 0.717) is 6.61 Å². The lowest BCUT2D eigenvalue weighted by atomic mass is 10.2. The maximum absolute atomic E-state index is 5.33. The van der Waals surface area contributed by atoms with Gasteiger partial charge < -0.3 is 10.1 Å². The zero-order valence-electron chi connectivity index (χ0n) is 9.38. The van der Waals surface area contributed by atoms with Crippen LogP contribution in [0.1, 0.15) is 19.4 Å². The van der Waals surface area contributed by atoms with Crippen LogP contribution in [0.4, 0.5) is 5.82 Å². The number of ether oxygens (including phenoxy) is 1. The molecule has 0 amide bonds. The topological polar surface area (TPSA) is 34.1 Å². The van der Waals surface area contributed by atoms with Crippen LogP contribution in [0.2, 0.25) is 0 Å². The van der Waals surface area contributed by atoms with E-state index in [1.807, 2.05) is 19.9 Å². The maximum Gasteiger partial charge on any atom is 0.129 e. The van der Waals surface area contributed by atoms with E-state index < -0.39 is 0 Å². The Balaban J connectivity index is 2.56. The Morgan fingerprint density at radius 2 is 2.33 bits per heavy atom. The van der Waals surface area contributed by atoms with Crippen molar-refractivity contribution >= 4 is 21.7 Å². The second-order valence-electron chi connectivity index (χ2n) is 3.52. The number of aromatic nitrogens is 1. The van der Waals surface area contributed by atoms with E-state index in [1.165, 1.54) is 0 Å². The molecule has 1 rings (SSSR count). The molecule has 0 spiro atoms. The summed E-state index contributed by atoms with van der Waals surface area (Å²) in [6.45, 7) is 7.56. The molecule has 1 aromatic rings. The average molecular weight is 273 g/mol. The van der Waals surface area contributed by atoms with Crippen molar-refractivity contribution in [2.45, 2.75) is 26.8 Å². The van der Waals surface area contributed by atoms with Crippen LogP contribution in [0.5, 0.6) is 0 Å². The molecule has 1 heterocycles. The molecule has 84 valence electrons. The number of anilines is 1. The number of hydrogen-bond donors (Lipinski definition) is 1. The van der Waals surface area contributed by atoms with E-state index in [9.17, 15) is 0 Å². The van der Waals surface area contributed by atoms with Gasteiger partial charge in [-0.05, 0) is 48.3 Å². The molecule has 0 radical (unpaired) electrons. The molecular weight excluding hydrogens is 256 g/mol. The Morgan fingerprint density at radius 1 is 1.60 bits per heavy atom. The SMILES string of the molecule is CCOCC(C)Nc1ncc(Br)cc1C. The first-order valence-corrected chi connectivity index (χ1v) is 5.89. The Hall–Kier alpha value is -0.610. The molecule has 1 atom stereocenters. The largest absolute Gasteiger partial charge is 0.380 e. The molecule has 0 fully saturated rings. The quantitative estimate of drug-likeness (QED) is 0.895. The minimum Gasteiger partial charge on any atom is -0.380 e. The van der Waals surface area contributed by atoms with Crippen LogP contribution in [-0.2, 0) is 4.74 Å². The molecular formula is C11H17BrN2O. The number of nitrogens with zero attached hydrogens (tertiary/aromatic N) is 1. The summed E-state index contributed by atoms with van der Waals surface area (Å²) in [7, 11) is 0. The van der Waals surface area contributed by atoms with Crippen LogP contribution in [0.15, 0.2) is 16.7 Å². The molecule has 0 aliphatic heterocycles. The first-order valence-electron chi connectivity index (χ1n) is 5.10. The van der Waals surface area contributed by atoms with E-state index >= 15 is 0 Å². The van der Waals surface area contributed by atoms with Crippen molar-refractivity contribution in [1.82, 2.24) is 4.98 Å². The van der Waals surface area contributed by atoms with Crippen molar-refractivity contribution in [1.29, 1.82) is 0 Å². The van der Waals surface area contributed by atoms with Crippen molar-refractivity contribution < 1.29 is 4.74 Å². The van der Waals surface area contributed by atoms with E-state index in [0.717, 1.165) is 22.5 Å². The summed E-state index contributed by atoms with van der Waals surface area (Å²) in [5.41, 5.74) is 1.13. The Labute approximate surface area is 99.4 Å². The van der Waals surface area contributed by atoms with Gasteiger partial charge in [-0.1, -0.05) is 0 Å². The van der Waals surface area contributed by atoms with Crippen LogP contribution in [-0.4, -0.2) is 24.2 Å². The summed E-state index contributed by atoms with van der Waals surface area (Å²) >= 11 is 3.39. The first kappa shape index (κ1) is 12.5. The number of nitrogens with one attached hydrogen (secondary N) is 1. The highest BCUT2D eigenvalue weighted by Crippen LogP contribution is 2.17. The molecule has 4 heteroatoms. The average Bonchev–Trinajstić information content (AvgIpc) is 2.19. The highest BCUT2D eigenvalue weighted by Gasteiger charge is 2.05. The Bertz CT molecular complexity index is 317. The van der Waals surface area contributed by atoms with Crippen molar-refractivity contribution in [2.24, 2.45) is 0 Å². The Morgan fingerprint density at radius 3 is 2.93 bits per heavy atom. The summed E-state index contributed by atoms with van der Waals surface area (Å²) in [5.74, 6) is 0.922. The molecule has 3 nitrogen and oxygen atoms in total. The summed E-state index contributed by atoms with van der Waals surface area (Å²) in [4.78, 5) is 4.31. The van der Waals surface area contributed by atoms with Crippen LogP contribution in [0.25, 0.3) is 0 Å². The zero-order chi connectivity index (χ0) is 11.3. The van der Waals surface area contributed by atoms with Crippen molar-refractivity contribution in [3.8, 4) is 0 Å². The van der Waals surface area contributed by atoms with Gasteiger partial charge in [0.05, 0.1) is 6.61 Å². The molecule has 0 bridgehead atoms. The highest BCUT2D eigenvalue weighted by atomic mass is 79.9. The summed E-state index contributed by atoms with van der Waals surface area (Å²) in [6.07, 6.45) is 1.79. The van der Waals surface area contributed by atoms with Gasteiger partial charge in [0.15, 0.2) is 0 Å². The number of halogens is 1. The summed E-state index contributed by atoms with van der Waals surface area (Å²) < 4.78 is 6.33. The van der Waals surface area contributed by atoms with Gasteiger partial charge in [-0.15, -0.1) is 0 Å². The highest BCUT2D eigenvalue weighted by molar-refractivity contribution is 9.10. The predicted molar refractivity (Wildman–Crippen MR) is 66.3 cm³/mol. The van der Waals surface area contributed by atoms with Crippen LogP contribution in [0.3, 0.4) is 0 Å². The van der Waals surface area contributed by atoms with Gasteiger partial charge in [-0.2, -0.15) is 0 Å². The van der Waals surface area contributed by atoms with Gasteiger partial charge in [0.2, 0.25) is 0 Å². The van der Waals surface area contributed by atoms with E-state index in [4.69, 9.17) is 4.74 Å². The molecule has 0 aliphatic rings. The third-order valence-electron chi connectivity index (χ3n) is 2.00. The fraction of sp³-hybridized carbons (Fsp3) is 0.545. The number of rotatable bonds is 5. The molecule has 0 aromatic carbocycles. The standard InChI is InChI=1S/C11H17BrN2O/c1-4-15-7-9(3)14-11-8(2)5-10(12)6-13-11/h5-6,9H,4,7H2,1-3H3,(H,13,14). The molecule has 1 aromatic heterocycles. The van der Waals surface area contributed by atoms with Crippen molar-refractivity contribution in [2.75, 3.05) is 18.5 Å². The first-order chi connectivity index (χ1) is 7.13. The van der Waals surface area contributed by atoms with Crippen molar-refractivity contribution in [3.63, 3.8) is 0 Å². The predicted octanol–water partition coefficient (Wildman–Crippen LogP) is 2.99. The lowest BCUT2D eigenvalue weighted by Crippen LogP contribution is -2.22. The van der Waals surface area contributed by atoms with Gasteiger partial charge in [-0.25, -0.2) is 4.98 Å². The number of hydrogen-bond acceptors (Lipinski definition) is 3. The maximum atomic E-state index is 5.33. The zero-order valence-corrected chi connectivity index (χ0v) is 11.0. The van der Waals surface area contributed by atoms with E-state index in [1.54, 1.807) is 6.20 Å². The summed E-state index contributed by atoms with van der Waals surface area (Å²) in [5, 5.41) is 3.32. The van der Waals surface area contributed by atoms with Crippen molar-refractivity contribution in [3.05, 3.63) is 22.3 Å². The smallest absolute Gasteiger partial charge is 0.129 e. The number of aryl methyl sites for hydroxylation is 1. The minimum atomic E-state index is 0.275. The van der Waals surface area contributed by atoms with E-state index in [-0.39, 0.29) is 6.04 Å². The van der Waals surface area contributed by atoms with Gasteiger partial charge in [0, 0.05) is 23.3 Å². The molecule has 1 N–H and O–H groups in total. The molecule has 15 heavy (non-hydrogen) atoms. The molecule has 0 saturated heterocycles. The second kappa shape index (κ2) is 6.08. The third kappa shape index (κ3) is 4.18. The van der Waals surface area contributed by atoms with Crippen LogP contribution in [0, 0.1) is 6.92 Å². The normalized spacial score (nSPS) is 12.5. The van der Waals surface area contributed by atoms with Gasteiger partial charge in [0.1, 0.15) is 5.82 Å². The molecule has 1 unspecified atom stereocenters. The second-order valence-corrected chi connectivity index (χ2v) is 4.44. The fourth-order valence-electron chi connectivity index (χ4n) is 1.26. The lowest BCUT2D eigenvalue weighted by Gasteiger charge is -2.15. The summed E-state index contributed by atoms with van der Waals surface area (Å²) in [6, 6.07) is 2.32. The van der Waals surface area contributed by atoms with Gasteiger partial charge in [-0.3, -0.25) is 0 Å². The number of pyridine rings is 1. The monoisotopic (exact) mass is 272 g/mol. The van der Waals surface area contributed by atoms with Gasteiger partial charge in [0.25, 0.3) is 0 Å². The molecule has 0 saturated carbocycles. The van der Waals surface area contributed by atoms with Gasteiger partial charge >= 0.3 is 0 Å². The fourth-order valence-corrected chi connectivity index (χ4v) is 1.71. The third-order valence-corrected chi connectivity index (χ3v) is 2.43.